The molecule has 36 heavy (non-hydrogen) atoms. The minimum absolute atomic E-state index is 0.0950. The molecular formula is C29H23ClN2O3S. The van der Waals surface area contributed by atoms with Gasteiger partial charge in [-0.15, -0.1) is 11.8 Å². The first kappa shape index (κ1) is 24.0. The zero-order valence-electron chi connectivity index (χ0n) is 19.3. The Balaban J connectivity index is 1.22. The van der Waals surface area contributed by atoms with Crippen molar-refractivity contribution in [2.75, 3.05) is 11.1 Å². The van der Waals surface area contributed by atoms with Crippen molar-refractivity contribution in [3.8, 4) is 11.5 Å². The molecule has 4 aromatic rings. The van der Waals surface area contributed by atoms with Crippen molar-refractivity contribution in [1.29, 1.82) is 0 Å². The van der Waals surface area contributed by atoms with Crippen molar-refractivity contribution < 1.29 is 14.3 Å². The number of thioether (sulfide) groups is 1. The molecule has 2 amide bonds. The van der Waals surface area contributed by atoms with E-state index in [1.807, 2.05) is 83.8 Å². The Hall–Kier alpha value is -3.74. The van der Waals surface area contributed by atoms with E-state index >= 15 is 0 Å². The first-order chi connectivity index (χ1) is 17.5. The lowest BCUT2D eigenvalue weighted by molar-refractivity contribution is -0.128. The zero-order valence-corrected chi connectivity index (χ0v) is 20.8. The van der Waals surface area contributed by atoms with E-state index in [-0.39, 0.29) is 17.2 Å². The predicted octanol–water partition coefficient (Wildman–Crippen LogP) is 7.16. The van der Waals surface area contributed by atoms with E-state index in [0.29, 0.717) is 34.3 Å². The summed E-state index contributed by atoms with van der Waals surface area (Å²) in [7, 11) is 0. The van der Waals surface area contributed by atoms with Crippen LogP contribution in [-0.4, -0.2) is 22.5 Å². The third kappa shape index (κ3) is 5.73. The highest BCUT2D eigenvalue weighted by Gasteiger charge is 2.32. The van der Waals surface area contributed by atoms with Gasteiger partial charge in [0.15, 0.2) is 0 Å². The number of carbonyl (C=O) groups excluding carboxylic acids is 2. The Bertz CT molecular complexity index is 1340. The number of hydrogen-bond acceptors (Lipinski definition) is 4. The topological polar surface area (TPSA) is 58.6 Å². The van der Waals surface area contributed by atoms with E-state index in [1.54, 1.807) is 36.0 Å². The second-order valence-electron chi connectivity index (χ2n) is 8.33. The Morgan fingerprint density at radius 3 is 2.25 bits per heavy atom. The minimum Gasteiger partial charge on any atom is -0.457 e. The third-order valence-electron chi connectivity index (χ3n) is 5.78. The molecule has 5 nitrogen and oxygen atoms in total. The molecule has 0 saturated carbocycles. The van der Waals surface area contributed by atoms with Crippen molar-refractivity contribution in [2.24, 2.45) is 0 Å². The van der Waals surface area contributed by atoms with Crippen molar-refractivity contribution in [3.63, 3.8) is 0 Å². The number of carbonyl (C=O) groups is 2. The van der Waals surface area contributed by atoms with Gasteiger partial charge in [0.2, 0.25) is 5.91 Å². The van der Waals surface area contributed by atoms with Crippen LogP contribution in [0.15, 0.2) is 103 Å². The average Bonchev–Trinajstić information content (AvgIpc) is 3.27. The summed E-state index contributed by atoms with van der Waals surface area (Å²) in [6.07, 6.45) is 0. The van der Waals surface area contributed by atoms with Crippen LogP contribution >= 0.6 is 23.4 Å². The number of rotatable bonds is 7. The normalized spacial score (nSPS) is 15.1. The molecule has 1 aliphatic heterocycles. The third-order valence-corrected chi connectivity index (χ3v) is 7.29. The maximum Gasteiger partial charge on any atom is 0.255 e. The highest BCUT2D eigenvalue weighted by Crippen LogP contribution is 2.39. The summed E-state index contributed by atoms with van der Waals surface area (Å²) in [6.45, 7) is 0.514. The number of nitrogens with zero attached hydrogens (tertiary/aromatic N) is 1. The fraction of sp³-hybridized carbons (Fsp3) is 0.103. The number of amides is 2. The van der Waals surface area contributed by atoms with Gasteiger partial charge in [0.05, 0.1) is 5.75 Å². The van der Waals surface area contributed by atoms with E-state index < -0.39 is 0 Å². The first-order valence-corrected chi connectivity index (χ1v) is 12.9. The van der Waals surface area contributed by atoms with Gasteiger partial charge >= 0.3 is 0 Å². The van der Waals surface area contributed by atoms with Crippen LogP contribution in [-0.2, 0) is 11.3 Å². The molecule has 4 aromatic carbocycles. The molecule has 0 unspecified atom stereocenters. The molecule has 0 radical (unpaired) electrons. The molecule has 0 aromatic heterocycles. The van der Waals surface area contributed by atoms with Gasteiger partial charge in [0.25, 0.3) is 5.91 Å². The Morgan fingerprint density at radius 1 is 0.889 bits per heavy atom. The van der Waals surface area contributed by atoms with Crippen LogP contribution in [0.5, 0.6) is 11.5 Å². The van der Waals surface area contributed by atoms with Gasteiger partial charge in [-0.05, 0) is 71.8 Å². The molecule has 5 rings (SSSR count). The van der Waals surface area contributed by atoms with E-state index in [1.165, 1.54) is 0 Å². The monoisotopic (exact) mass is 514 g/mol. The highest BCUT2D eigenvalue weighted by atomic mass is 35.5. The Labute approximate surface area is 219 Å². The molecule has 1 saturated heterocycles. The molecular weight excluding hydrogens is 492 g/mol. The Morgan fingerprint density at radius 2 is 1.56 bits per heavy atom. The van der Waals surface area contributed by atoms with E-state index in [9.17, 15) is 9.59 Å². The lowest BCUT2D eigenvalue weighted by Gasteiger charge is -2.24. The molecule has 1 fully saturated rings. The maximum atomic E-state index is 12.8. The molecule has 7 heteroatoms. The van der Waals surface area contributed by atoms with Crippen LogP contribution < -0.4 is 10.1 Å². The molecule has 180 valence electrons. The van der Waals surface area contributed by atoms with Gasteiger partial charge in [0.1, 0.15) is 16.9 Å². The molecule has 0 bridgehead atoms. The summed E-state index contributed by atoms with van der Waals surface area (Å²) in [6, 6.07) is 31.7. The highest BCUT2D eigenvalue weighted by molar-refractivity contribution is 8.00. The number of hydrogen-bond donors (Lipinski definition) is 1. The quantitative estimate of drug-likeness (QED) is 0.284. The summed E-state index contributed by atoms with van der Waals surface area (Å²) in [4.78, 5) is 27.2. The van der Waals surface area contributed by atoms with Crippen LogP contribution in [0.2, 0.25) is 5.02 Å². The van der Waals surface area contributed by atoms with Crippen molar-refractivity contribution >= 4 is 40.9 Å². The summed E-state index contributed by atoms with van der Waals surface area (Å²) in [5, 5.41) is 3.49. The maximum absolute atomic E-state index is 12.8. The molecule has 1 aliphatic rings. The van der Waals surface area contributed by atoms with Crippen LogP contribution in [0.25, 0.3) is 0 Å². The van der Waals surface area contributed by atoms with Gasteiger partial charge in [-0.2, -0.15) is 0 Å². The number of para-hydroxylation sites is 1. The van der Waals surface area contributed by atoms with Gasteiger partial charge < -0.3 is 15.0 Å². The molecule has 0 aliphatic carbocycles. The summed E-state index contributed by atoms with van der Waals surface area (Å²) >= 11 is 7.58. The first-order valence-electron chi connectivity index (χ1n) is 11.4. The van der Waals surface area contributed by atoms with Crippen LogP contribution in [0.4, 0.5) is 5.69 Å². The van der Waals surface area contributed by atoms with Gasteiger partial charge in [-0.3, -0.25) is 9.59 Å². The van der Waals surface area contributed by atoms with Crippen molar-refractivity contribution in [3.05, 3.63) is 125 Å². The SMILES string of the molecule is O=C(Nc1ccc(Oc2ccccc2)cc1)c1ccc([C@@H]2SCC(=O)N2Cc2ccc(Cl)cc2)cc1. The minimum atomic E-state index is -0.202. The van der Waals surface area contributed by atoms with Crippen LogP contribution in [0.3, 0.4) is 0 Å². The number of nitrogens with one attached hydrogen (secondary N) is 1. The number of anilines is 1. The van der Waals surface area contributed by atoms with E-state index in [0.717, 1.165) is 16.9 Å². The molecule has 1 atom stereocenters. The standard InChI is InChI=1S/C29H23ClN2O3S/c30-23-12-6-20(7-13-23)18-32-27(33)19-36-29(32)22-10-8-21(9-11-22)28(34)31-24-14-16-26(17-15-24)35-25-4-2-1-3-5-25/h1-17,29H,18-19H2,(H,31,34)/t29-/m0/s1. The predicted molar refractivity (Wildman–Crippen MR) is 145 cm³/mol. The lowest BCUT2D eigenvalue weighted by Crippen LogP contribution is -2.27. The van der Waals surface area contributed by atoms with Gasteiger partial charge in [-0.25, -0.2) is 0 Å². The zero-order chi connectivity index (χ0) is 24.9. The number of halogens is 1. The second-order valence-corrected chi connectivity index (χ2v) is 9.83. The summed E-state index contributed by atoms with van der Waals surface area (Å²) in [5.74, 6) is 1.77. The molecule has 1 heterocycles. The van der Waals surface area contributed by atoms with Crippen LogP contribution in [0, 0.1) is 0 Å². The van der Waals surface area contributed by atoms with Crippen molar-refractivity contribution in [2.45, 2.75) is 11.9 Å². The van der Waals surface area contributed by atoms with Crippen LogP contribution in [0.1, 0.15) is 26.9 Å². The van der Waals surface area contributed by atoms with Crippen molar-refractivity contribution in [1.82, 2.24) is 4.90 Å². The average molecular weight is 515 g/mol. The largest absolute Gasteiger partial charge is 0.457 e. The summed E-state index contributed by atoms with van der Waals surface area (Å²) < 4.78 is 5.80. The molecule has 1 N–H and O–H groups in total. The second kappa shape index (κ2) is 10.9. The summed E-state index contributed by atoms with van der Waals surface area (Å²) in [5.41, 5.74) is 3.23. The van der Waals surface area contributed by atoms with Gasteiger partial charge in [0, 0.05) is 22.8 Å². The number of ether oxygens (including phenoxy) is 1. The lowest BCUT2D eigenvalue weighted by atomic mass is 10.1. The van der Waals surface area contributed by atoms with E-state index in [4.69, 9.17) is 16.3 Å². The Kier molecular flexibility index (Phi) is 7.26. The van der Waals surface area contributed by atoms with E-state index in [2.05, 4.69) is 5.32 Å². The fourth-order valence-electron chi connectivity index (χ4n) is 3.92. The number of benzene rings is 4. The smallest absolute Gasteiger partial charge is 0.255 e. The fourth-order valence-corrected chi connectivity index (χ4v) is 5.23. The molecule has 0 spiro atoms. The van der Waals surface area contributed by atoms with Gasteiger partial charge in [-0.1, -0.05) is 54.1 Å².